The van der Waals surface area contributed by atoms with E-state index in [0.29, 0.717) is 7.91 Å². The number of nitrogens with one attached hydrogen (secondary N) is 4. The molecule has 0 aromatic carbocycles. The fourth-order valence-electron chi connectivity index (χ4n) is 0.732. The second-order valence-corrected chi connectivity index (χ2v) is 5.61. The summed E-state index contributed by atoms with van der Waals surface area (Å²) in [5.74, 6) is 0. The Morgan fingerprint density at radius 1 is 0.941 bits per heavy atom. The van der Waals surface area contributed by atoms with Gasteiger partial charge in [-0.2, -0.15) is 0 Å². The first kappa shape index (κ1) is 14.0. The first-order chi connectivity index (χ1) is 7.91. The van der Waals surface area contributed by atoms with Gasteiger partial charge in [-0.25, -0.2) is 11.1 Å². The van der Waals surface area contributed by atoms with Crippen molar-refractivity contribution >= 4 is 70.4 Å². The first-order valence-electron chi connectivity index (χ1n) is 3.90. The fraction of sp³-hybridized carbons (Fsp3) is 0. The summed E-state index contributed by atoms with van der Waals surface area (Å²) in [6.45, 7) is 0. The van der Waals surface area contributed by atoms with Crippen LogP contribution < -0.4 is 33.4 Å². The van der Waals surface area contributed by atoms with Crippen LogP contribution in [-0.4, -0.2) is 19.8 Å². The Balaban J connectivity index is 2.94. The molecule has 0 saturated carbocycles. The molecule has 0 atom stereocenters. The second-order valence-electron chi connectivity index (χ2n) is 2.46. The van der Waals surface area contributed by atoms with E-state index in [-0.39, 0.29) is 10.2 Å². The van der Waals surface area contributed by atoms with E-state index in [1.807, 2.05) is 0 Å². The summed E-state index contributed by atoms with van der Waals surface area (Å²) in [6.07, 6.45) is 0. The molecule has 13 heteroatoms. The second kappa shape index (κ2) is 6.06. The van der Waals surface area contributed by atoms with Gasteiger partial charge in [0, 0.05) is 0 Å². The molecule has 0 bridgehead atoms. The minimum atomic E-state index is 0.0536. The third kappa shape index (κ3) is 4.04. The van der Waals surface area contributed by atoms with Crippen molar-refractivity contribution in [2.45, 2.75) is 0 Å². The minimum absolute atomic E-state index is 0.0536. The van der Waals surface area contributed by atoms with Gasteiger partial charge in [0.2, 0.25) is 7.91 Å². The highest BCUT2D eigenvalue weighted by atomic mass is 32.2. The molecule has 1 rings (SSSR count). The lowest BCUT2D eigenvalue weighted by molar-refractivity contribution is 0.550. The quantitative estimate of drug-likeness (QED) is 0.316. The number of hydrogen-bond acceptors (Lipinski definition) is 7. The van der Waals surface area contributed by atoms with E-state index in [1.165, 1.54) is 20.9 Å². The van der Waals surface area contributed by atoms with Crippen LogP contribution in [0.15, 0.2) is 0 Å². The van der Waals surface area contributed by atoms with Crippen LogP contribution in [0, 0.1) is 7.91 Å². The zero-order valence-corrected chi connectivity index (χ0v) is 12.2. The summed E-state index contributed by atoms with van der Waals surface area (Å²) in [5, 5.41) is 0.107. The molecule has 1 aromatic heterocycles. The van der Waals surface area contributed by atoms with Gasteiger partial charge in [-0.1, -0.05) is 11.3 Å². The molecule has 0 saturated heterocycles. The number of nitrogens with two attached hydrogens (primary N) is 2. The van der Waals surface area contributed by atoms with Gasteiger partial charge in [0.1, 0.15) is 0 Å². The lowest BCUT2D eigenvalue weighted by Crippen LogP contribution is -2.47. The Morgan fingerprint density at radius 2 is 1.29 bits per heavy atom. The molecule has 0 fully saturated rings. The summed E-state index contributed by atoms with van der Waals surface area (Å²) in [6, 6.07) is 0. The van der Waals surface area contributed by atoms with Gasteiger partial charge in [-0.3, -0.25) is 10.9 Å². The molecule has 8 N–H and O–H groups in total. The lowest BCUT2D eigenvalue weighted by atomic mass is 11.2. The maximum Gasteiger partial charge on any atom is 0.204 e. The highest BCUT2D eigenvalue weighted by Gasteiger charge is 2.04. The van der Waals surface area contributed by atoms with Crippen LogP contribution in [0.3, 0.4) is 0 Å². The van der Waals surface area contributed by atoms with Crippen molar-refractivity contribution in [2.24, 2.45) is 11.5 Å². The summed E-state index contributed by atoms with van der Waals surface area (Å²) < 4.78 is 0.881. The Bertz CT molecular complexity index is 490. The number of hydrazine groups is 2. The zero-order valence-electron chi connectivity index (χ0n) is 8.09. The van der Waals surface area contributed by atoms with Gasteiger partial charge in [-0.05, 0) is 48.9 Å². The van der Waals surface area contributed by atoms with Crippen LogP contribution in [0.4, 0.5) is 0 Å². The molecule has 0 aliphatic heterocycles. The smallest absolute Gasteiger partial charge is 0.204 e. The van der Waals surface area contributed by atoms with Crippen LogP contribution in [0.25, 0.3) is 0 Å². The molecular weight excluding hydrogens is 320 g/mol. The average Bonchev–Trinajstić information content (AvgIpc) is 2.47. The lowest BCUT2D eigenvalue weighted by Gasteiger charge is -2.15. The Labute approximate surface area is 121 Å². The van der Waals surface area contributed by atoms with E-state index < -0.39 is 0 Å². The molecule has 0 radical (unpaired) electrons. The van der Waals surface area contributed by atoms with Gasteiger partial charge in [0.25, 0.3) is 0 Å². The number of aromatic nitrogens is 2. The normalized spacial score (nSPS) is 9.41. The van der Waals surface area contributed by atoms with E-state index in [1.54, 1.807) is 0 Å². The maximum atomic E-state index is 5.27. The van der Waals surface area contributed by atoms with Crippen LogP contribution in [-0.2, 0) is 0 Å². The van der Waals surface area contributed by atoms with Gasteiger partial charge < -0.3 is 11.5 Å². The predicted molar refractivity (Wildman–Crippen MR) is 80.5 cm³/mol. The standard InChI is InChI=1S/C4H8N8S5/c5-1(13)7-9-11-3(15)17-4(16)12(11)10-8-2(6)14/h9-10H,(H3,5,7,13)(H3,6,8,14). The summed E-state index contributed by atoms with van der Waals surface area (Å²) in [7, 11) is 0. The third-order valence-corrected chi connectivity index (χ3v) is 3.04. The number of hydrogen-bond donors (Lipinski definition) is 6. The van der Waals surface area contributed by atoms with E-state index in [9.17, 15) is 0 Å². The van der Waals surface area contributed by atoms with E-state index in [4.69, 9.17) is 35.9 Å². The largest absolute Gasteiger partial charge is 0.375 e. The zero-order chi connectivity index (χ0) is 13.0. The molecule has 8 nitrogen and oxygen atoms in total. The number of thiocarbonyl (C=S) groups is 2. The van der Waals surface area contributed by atoms with Gasteiger partial charge in [-0.15, -0.1) is 9.58 Å². The Hall–Kier alpha value is -1.02. The molecule has 0 aliphatic carbocycles. The average molecular weight is 328 g/mol. The molecule has 94 valence electrons. The van der Waals surface area contributed by atoms with Crippen molar-refractivity contribution in [1.82, 2.24) is 20.4 Å². The topological polar surface area (TPSA) is 110 Å². The first-order valence-corrected chi connectivity index (χ1v) is 6.35. The van der Waals surface area contributed by atoms with Crippen molar-refractivity contribution in [3.8, 4) is 0 Å². The van der Waals surface area contributed by atoms with Crippen molar-refractivity contribution in [1.29, 1.82) is 0 Å². The van der Waals surface area contributed by atoms with Crippen molar-refractivity contribution < 1.29 is 0 Å². The maximum absolute atomic E-state index is 5.27. The molecule has 0 aliphatic rings. The number of nitrogens with zero attached hydrogens (tertiary/aromatic N) is 2. The van der Waals surface area contributed by atoms with E-state index in [2.05, 4.69) is 46.4 Å². The Kier molecular flexibility index (Phi) is 5.01. The Morgan fingerprint density at radius 3 is 1.59 bits per heavy atom. The van der Waals surface area contributed by atoms with Crippen molar-refractivity contribution in [3.05, 3.63) is 7.91 Å². The minimum Gasteiger partial charge on any atom is -0.375 e. The molecule has 1 heterocycles. The van der Waals surface area contributed by atoms with Crippen LogP contribution in [0.2, 0.25) is 0 Å². The van der Waals surface area contributed by atoms with Crippen LogP contribution in [0.5, 0.6) is 0 Å². The molecule has 0 amide bonds. The van der Waals surface area contributed by atoms with Crippen molar-refractivity contribution in [2.75, 3.05) is 11.1 Å². The predicted octanol–water partition coefficient (Wildman–Crippen LogP) is -0.607. The summed E-state index contributed by atoms with van der Waals surface area (Å²) in [5.41, 5.74) is 20.8. The third-order valence-electron chi connectivity index (χ3n) is 1.29. The SMILES string of the molecule is NC(=S)NNn1c(=S)sc(=S)n1NNC(N)=S. The molecular formula is C4H8N8S5. The highest BCUT2D eigenvalue weighted by Crippen LogP contribution is 2.03. The van der Waals surface area contributed by atoms with Crippen LogP contribution >= 0.6 is 60.2 Å². The van der Waals surface area contributed by atoms with Gasteiger partial charge >= 0.3 is 0 Å². The molecule has 1 aromatic rings. The van der Waals surface area contributed by atoms with Crippen LogP contribution in [0.1, 0.15) is 0 Å². The fourth-order valence-corrected chi connectivity index (χ4v) is 2.29. The molecule has 0 spiro atoms. The molecule has 0 unspecified atom stereocenters. The summed E-state index contributed by atoms with van der Waals surface area (Å²) >= 11 is 20.6. The summed E-state index contributed by atoms with van der Waals surface area (Å²) in [4.78, 5) is 2.74. The van der Waals surface area contributed by atoms with E-state index in [0.717, 1.165) is 0 Å². The van der Waals surface area contributed by atoms with Crippen molar-refractivity contribution in [3.63, 3.8) is 0 Å². The van der Waals surface area contributed by atoms with Gasteiger partial charge in [0.15, 0.2) is 10.2 Å². The van der Waals surface area contributed by atoms with Gasteiger partial charge in [0.05, 0.1) is 0 Å². The van der Waals surface area contributed by atoms with E-state index >= 15 is 0 Å². The highest BCUT2D eigenvalue weighted by molar-refractivity contribution is 7.80. The molecule has 17 heavy (non-hydrogen) atoms. The number of rotatable bonds is 4. The monoisotopic (exact) mass is 328 g/mol.